The summed E-state index contributed by atoms with van der Waals surface area (Å²) in [4.78, 5) is 4.45. The van der Waals surface area contributed by atoms with E-state index < -0.39 is 0 Å². The number of hydrogen-bond acceptors (Lipinski definition) is 3. The first-order valence-corrected chi connectivity index (χ1v) is 3.84. The van der Waals surface area contributed by atoms with Gasteiger partial charge in [-0.1, -0.05) is 30.3 Å². The molecule has 12 heavy (non-hydrogen) atoms. The number of ether oxygens (including phenoxy) is 1. The van der Waals surface area contributed by atoms with Gasteiger partial charge in [-0.15, -0.1) is 0 Å². The van der Waals surface area contributed by atoms with Crippen molar-refractivity contribution in [1.29, 1.82) is 0 Å². The van der Waals surface area contributed by atoms with Crippen LogP contribution in [0.5, 0.6) is 0 Å². The van der Waals surface area contributed by atoms with Crippen LogP contribution in [0.2, 0.25) is 0 Å². The first kappa shape index (κ1) is 9.19. The Bertz CT molecular complexity index is 213. The molecule has 1 aromatic rings. The zero-order valence-corrected chi connectivity index (χ0v) is 7.07. The van der Waals surface area contributed by atoms with Crippen molar-refractivity contribution in [2.75, 3.05) is 0 Å². The second-order valence-electron chi connectivity index (χ2n) is 2.50. The summed E-state index contributed by atoms with van der Waals surface area (Å²) < 4.78 is 5.23. The fraction of sp³-hybridized carbons (Fsp3) is 0.333. The van der Waals surface area contributed by atoms with Crippen LogP contribution in [0.3, 0.4) is 0 Å². The van der Waals surface area contributed by atoms with Crippen LogP contribution in [0.4, 0.5) is 0 Å². The molecule has 0 amide bonds. The topological polar surface area (TPSA) is 44.5 Å². The molecule has 66 valence electrons. The Hall–Kier alpha value is -0.900. The van der Waals surface area contributed by atoms with Crippen molar-refractivity contribution >= 4 is 0 Å². The number of hydrogen-bond donors (Lipinski definition) is 1. The first-order chi connectivity index (χ1) is 5.83. The molecule has 1 rings (SSSR count). The van der Waals surface area contributed by atoms with Crippen molar-refractivity contribution in [3.8, 4) is 0 Å². The van der Waals surface area contributed by atoms with E-state index in [2.05, 4.69) is 4.84 Å². The summed E-state index contributed by atoms with van der Waals surface area (Å²) in [5.74, 6) is 4.91. The van der Waals surface area contributed by atoms with Gasteiger partial charge in [-0.3, -0.25) is 4.84 Å². The largest absolute Gasteiger partial charge is 0.346 e. The van der Waals surface area contributed by atoms with E-state index in [-0.39, 0.29) is 6.29 Å². The molecule has 1 atom stereocenters. The third-order valence-corrected chi connectivity index (χ3v) is 1.52. The molecular weight excluding hydrogens is 154 g/mol. The van der Waals surface area contributed by atoms with E-state index in [1.807, 2.05) is 30.3 Å². The van der Waals surface area contributed by atoms with Gasteiger partial charge in [-0.2, -0.15) is 0 Å². The summed E-state index contributed by atoms with van der Waals surface area (Å²) in [5.41, 5.74) is 1.11. The standard InChI is InChI=1S/C9H13NO2/c1-8(12-10)11-7-9-5-3-2-4-6-9/h2-6,8H,7,10H2,1H3. The van der Waals surface area contributed by atoms with Crippen LogP contribution >= 0.6 is 0 Å². The molecule has 0 aromatic heterocycles. The normalized spacial score (nSPS) is 12.8. The highest BCUT2D eigenvalue weighted by atomic mass is 16.7. The molecule has 0 aliphatic rings. The molecule has 0 aliphatic heterocycles. The lowest BCUT2D eigenvalue weighted by Gasteiger charge is -2.09. The molecule has 2 N–H and O–H groups in total. The molecule has 1 aromatic carbocycles. The Kier molecular flexibility index (Phi) is 3.73. The summed E-state index contributed by atoms with van der Waals surface area (Å²) in [6.45, 7) is 2.28. The number of rotatable bonds is 4. The molecule has 0 fully saturated rings. The highest BCUT2D eigenvalue weighted by molar-refractivity contribution is 5.13. The van der Waals surface area contributed by atoms with Crippen LogP contribution in [0.1, 0.15) is 12.5 Å². The zero-order chi connectivity index (χ0) is 8.81. The smallest absolute Gasteiger partial charge is 0.174 e. The summed E-state index contributed by atoms with van der Waals surface area (Å²) in [7, 11) is 0. The minimum Gasteiger partial charge on any atom is -0.346 e. The van der Waals surface area contributed by atoms with Gasteiger partial charge in [-0.25, -0.2) is 5.90 Å². The summed E-state index contributed by atoms with van der Waals surface area (Å²) in [6, 6.07) is 9.87. The molecule has 0 bridgehead atoms. The molecule has 0 radical (unpaired) electrons. The van der Waals surface area contributed by atoms with Gasteiger partial charge in [0.25, 0.3) is 0 Å². The molecule has 0 saturated carbocycles. The third-order valence-electron chi connectivity index (χ3n) is 1.52. The first-order valence-electron chi connectivity index (χ1n) is 3.84. The maximum absolute atomic E-state index is 5.23. The fourth-order valence-corrected chi connectivity index (χ4v) is 0.827. The molecule has 1 unspecified atom stereocenters. The van der Waals surface area contributed by atoms with E-state index in [1.165, 1.54) is 0 Å². The highest BCUT2D eigenvalue weighted by Crippen LogP contribution is 2.02. The van der Waals surface area contributed by atoms with Crippen LogP contribution in [0.25, 0.3) is 0 Å². The Labute approximate surface area is 72.0 Å². The number of benzene rings is 1. The molecule has 0 heterocycles. The summed E-state index contributed by atoms with van der Waals surface area (Å²) in [6.07, 6.45) is -0.356. The van der Waals surface area contributed by atoms with Crippen molar-refractivity contribution in [3.05, 3.63) is 35.9 Å². The van der Waals surface area contributed by atoms with E-state index >= 15 is 0 Å². The van der Waals surface area contributed by atoms with E-state index in [1.54, 1.807) is 6.92 Å². The second kappa shape index (κ2) is 4.87. The van der Waals surface area contributed by atoms with Crippen LogP contribution in [0.15, 0.2) is 30.3 Å². The van der Waals surface area contributed by atoms with Crippen LogP contribution in [-0.2, 0) is 16.2 Å². The van der Waals surface area contributed by atoms with Gasteiger partial charge >= 0.3 is 0 Å². The van der Waals surface area contributed by atoms with Crippen molar-refractivity contribution in [3.63, 3.8) is 0 Å². The van der Waals surface area contributed by atoms with Gasteiger partial charge in [0.05, 0.1) is 6.61 Å². The Morgan fingerprint density at radius 3 is 2.58 bits per heavy atom. The van der Waals surface area contributed by atoms with E-state index in [0.717, 1.165) is 5.56 Å². The van der Waals surface area contributed by atoms with E-state index in [9.17, 15) is 0 Å². The SMILES string of the molecule is CC(ON)OCc1ccccc1. The summed E-state index contributed by atoms with van der Waals surface area (Å²) in [5, 5.41) is 0. The predicted octanol–water partition coefficient (Wildman–Crippen LogP) is 1.44. The van der Waals surface area contributed by atoms with Crippen LogP contribution in [-0.4, -0.2) is 6.29 Å². The van der Waals surface area contributed by atoms with Crippen LogP contribution < -0.4 is 5.90 Å². The van der Waals surface area contributed by atoms with Gasteiger partial charge < -0.3 is 4.74 Å². The van der Waals surface area contributed by atoms with Gasteiger partial charge in [0, 0.05) is 0 Å². The lowest BCUT2D eigenvalue weighted by atomic mass is 10.2. The Morgan fingerprint density at radius 1 is 1.33 bits per heavy atom. The molecule has 0 aliphatic carbocycles. The average Bonchev–Trinajstić information content (AvgIpc) is 2.16. The van der Waals surface area contributed by atoms with Crippen molar-refractivity contribution in [2.24, 2.45) is 5.90 Å². The lowest BCUT2D eigenvalue weighted by molar-refractivity contribution is -0.140. The van der Waals surface area contributed by atoms with Gasteiger partial charge in [-0.05, 0) is 12.5 Å². The van der Waals surface area contributed by atoms with Crippen molar-refractivity contribution in [2.45, 2.75) is 19.8 Å². The minimum absolute atomic E-state index is 0.356. The second-order valence-corrected chi connectivity index (χ2v) is 2.50. The van der Waals surface area contributed by atoms with E-state index in [4.69, 9.17) is 10.6 Å². The molecule has 3 heteroatoms. The lowest BCUT2D eigenvalue weighted by Crippen LogP contribution is -2.16. The van der Waals surface area contributed by atoms with Gasteiger partial charge in [0.1, 0.15) is 0 Å². The van der Waals surface area contributed by atoms with Gasteiger partial charge in [0.15, 0.2) is 6.29 Å². The monoisotopic (exact) mass is 167 g/mol. The Balaban J connectivity index is 2.33. The van der Waals surface area contributed by atoms with Crippen molar-refractivity contribution in [1.82, 2.24) is 0 Å². The predicted molar refractivity (Wildman–Crippen MR) is 46.0 cm³/mol. The maximum Gasteiger partial charge on any atom is 0.174 e. The van der Waals surface area contributed by atoms with E-state index in [0.29, 0.717) is 6.61 Å². The van der Waals surface area contributed by atoms with Gasteiger partial charge in [0.2, 0.25) is 0 Å². The fourth-order valence-electron chi connectivity index (χ4n) is 0.827. The number of nitrogens with two attached hydrogens (primary N) is 1. The zero-order valence-electron chi connectivity index (χ0n) is 7.07. The van der Waals surface area contributed by atoms with Crippen LogP contribution in [0, 0.1) is 0 Å². The molecule has 0 saturated heterocycles. The highest BCUT2D eigenvalue weighted by Gasteiger charge is 1.98. The quantitative estimate of drug-likeness (QED) is 0.545. The average molecular weight is 167 g/mol. The molecule has 0 spiro atoms. The third kappa shape index (κ3) is 3.00. The summed E-state index contributed by atoms with van der Waals surface area (Å²) >= 11 is 0. The Morgan fingerprint density at radius 2 is 2.00 bits per heavy atom. The van der Waals surface area contributed by atoms with Crippen molar-refractivity contribution < 1.29 is 9.57 Å². The molecule has 3 nitrogen and oxygen atoms in total. The molecular formula is C9H13NO2. The maximum atomic E-state index is 5.23. The minimum atomic E-state index is -0.356.